The molecule has 0 aliphatic heterocycles. The average Bonchev–Trinajstić information content (AvgIpc) is 2.73. The molecule has 0 bridgehead atoms. The molecule has 0 saturated carbocycles. The Bertz CT molecular complexity index is 919. The van der Waals surface area contributed by atoms with Gasteiger partial charge in [0.2, 0.25) is 0 Å². The molecule has 0 atom stereocenters. The van der Waals surface area contributed by atoms with E-state index in [1.54, 1.807) is 0 Å². The van der Waals surface area contributed by atoms with Crippen LogP contribution in [0.15, 0.2) is 110 Å². The fraction of sp³-hybridized carbons (Fsp3) is 0. The molecule has 0 aliphatic carbocycles. The van der Waals surface area contributed by atoms with Gasteiger partial charge in [0.1, 0.15) is 0 Å². The molecular formula is C24H16Br3ClSi. The van der Waals surface area contributed by atoms with Gasteiger partial charge in [0, 0.05) is 18.4 Å². The van der Waals surface area contributed by atoms with Gasteiger partial charge in [-0.1, -0.05) is 108 Å². The first kappa shape index (κ1) is 21.1. The van der Waals surface area contributed by atoms with E-state index in [1.165, 1.54) is 20.7 Å². The predicted octanol–water partition coefficient (Wildman–Crippen LogP) is 6.00. The Morgan fingerprint density at radius 3 is 0.931 bits per heavy atom. The summed E-state index contributed by atoms with van der Waals surface area (Å²) in [6.07, 6.45) is 0. The normalized spacial score (nSPS) is 11.4. The summed E-state index contributed by atoms with van der Waals surface area (Å²) < 4.78 is 3.23. The van der Waals surface area contributed by atoms with Crippen LogP contribution in [0.4, 0.5) is 0 Å². The second kappa shape index (κ2) is 8.91. The van der Waals surface area contributed by atoms with Crippen LogP contribution >= 0.6 is 59.4 Å². The predicted molar refractivity (Wildman–Crippen MR) is 138 cm³/mol. The standard InChI is InChI=1S/C24H16Br3ClSi/c25-17-1-9-21(10-2-17)29(22-11-3-18(26)4-12-22,23-13-5-19(27)6-14-23)24-15-7-20(28)8-16-24/h1-16H. The highest BCUT2D eigenvalue weighted by atomic mass is 79.9. The van der Waals surface area contributed by atoms with Crippen molar-refractivity contribution >= 4 is 88.2 Å². The van der Waals surface area contributed by atoms with Crippen LogP contribution in [-0.2, 0) is 0 Å². The van der Waals surface area contributed by atoms with Gasteiger partial charge in [0.05, 0.1) is 0 Å². The minimum absolute atomic E-state index is 0.749. The Morgan fingerprint density at radius 2 is 0.655 bits per heavy atom. The molecule has 0 radical (unpaired) electrons. The average molecular weight is 608 g/mol. The SMILES string of the molecule is Clc1ccc([Si](c2ccc(Br)cc2)(c2ccc(Br)cc2)c2ccc(Br)cc2)cc1. The van der Waals surface area contributed by atoms with Crippen molar-refractivity contribution in [3.63, 3.8) is 0 Å². The number of hydrogen-bond donors (Lipinski definition) is 0. The molecule has 144 valence electrons. The molecule has 0 saturated heterocycles. The maximum Gasteiger partial charge on any atom is 0.179 e. The summed E-state index contributed by atoms with van der Waals surface area (Å²) >= 11 is 17.0. The number of rotatable bonds is 4. The molecule has 0 heterocycles. The van der Waals surface area contributed by atoms with Gasteiger partial charge in [0.25, 0.3) is 0 Å². The quantitative estimate of drug-likeness (QED) is 0.197. The molecule has 29 heavy (non-hydrogen) atoms. The van der Waals surface area contributed by atoms with Crippen LogP contribution in [0, 0.1) is 0 Å². The largest absolute Gasteiger partial charge is 0.179 e. The summed E-state index contributed by atoms with van der Waals surface area (Å²) in [6, 6.07) is 34.6. The van der Waals surface area contributed by atoms with E-state index in [-0.39, 0.29) is 0 Å². The maximum atomic E-state index is 6.26. The molecule has 0 unspecified atom stereocenters. The van der Waals surface area contributed by atoms with Crippen molar-refractivity contribution in [1.29, 1.82) is 0 Å². The van der Waals surface area contributed by atoms with Crippen LogP contribution in [0.2, 0.25) is 5.02 Å². The van der Waals surface area contributed by atoms with E-state index >= 15 is 0 Å². The Kier molecular flexibility index (Phi) is 6.47. The van der Waals surface area contributed by atoms with Gasteiger partial charge in [-0.2, -0.15) is 0 Å². The van der Waals surface area contributed by atoms with E-state index in [9.17, 15) is 0 Å². The summed E-state index contributed by atoms with van der Waals surface area (Å²) in [5.41, 5.74) is 0. The first-order valence-electron chi connectivity index (χ1n) is 9.04. The lowest BCUT2D eigenvalue weighted by Crippen LogP contribution is -2.74. The van der Waals surface area contributed by atoms with Crippen LogP contribution in [-0.4, -0.2) is 8.07 Å². The van der Waals surface area contributed by atoms with Crippen LogP contribution < -0.4 is 20.7 Å². The number of hydrogen-bond acceptors (Lipinski definition) is 0. The Hall–Kier alpha value is -1.17. The van der Waals surface area contributed by atoms with Crippen molar-refractivity contribution in [3.8, 4) is 0 Å². The third kappa shape index (κ3) is 4.19. The van der Waals surface area contributed by atoms with Gasteiger partial charge < -0.3 is 0 Å². The summed E-state index contributed by atoms with van der Waals surface area (Å²) in [7, 11) is -2.51. The smallest absolute Gasteiger partial charge is 0.0843 e. The molecule has 4 aromatic rings. The third-order valence-corrected chi connectivity index (χ3v) is 11.7. The zero-order valence-electron chi connectivity index (χ0n) is 15.2. The van der Waals surface area contributed by atoms with Gasteiger partial charge in [-0.25, -0.2) is 0 Å². The maximum absolute atomic E-state index is 6.26. The van der Waals surface area contributed by atoms with Crippen LogP contribution in [0.3, 0.4) is 0 Å². The van der Waals surface area contributed by atoms with E-state index in [2.05, 4.69) is 133 Å². The fourth-order valence-electron chi connectivity index (χ4n) is 3.80. The van der Waals surface area contributed by atoms with Crippen molar-refractivity contribution in [1.82, 2.24) is 0 Å². The lowest BCUT2D eigenvalue weighted by atomic mass is 10.3. The molecule has 0 nitrogen and oxygen atoms in total. The number of halogens is 4. The molecular weight excluding hydrogens is 592 g/mol. The van der Waals surface area contributed by atoms with Crippen molar-refractivity contribution in [2.24, 2.45) is 0 Å². The first-order chi connectivity index (χ1) is 14.0. The molecule has 4 aromatic carbocycles. The minimum atomic E-state index is -2.51. The summed E-state index contributed by atoms with van der Waals surface area (Å²) in [5, 5.41) is 6.03. The molecule has 0 fully saturated rings. The van der Waals surface area contributed by atoms with Crippen LogP contribution in [0.25, 0.3) is 0 Å². The highest BCUT2D eigenvalue weighted by Gasteiger charge is 2.41. The van der Waals surface area contributed by atoms with Gasteiger partial charge in [-0.15, -0.1) is 0 Å². The zero-order valence-corrected chi connectivity index (χ0v) is 21.8. The molecule has 0 spiro atoms. The lowest BCUT2D eigenvalue weighted by Gasteiger charge is -2.34. The molecule has 0 aliphatic rings. The van der Waals surface area contributed by atoms with Crippen LogP contribution in [0.1, 0.15) is 0 Å². The van der Waals surface area contributed by atoms with Gasteiger partial charge in [0.15, 0.2) is 8.07 Å². The summed E-state index contributed by atoms with van der Waals surface area (Å²) in [4.78, 5) is 0. The molecule has 4 rings (SSSR count). The van der Waals surface area contributed by atoms with E-state index in [0.717, 1.165) is 18.4 Å². The van der Waals surface area contributed by atoms with E-state index < -0.39 is 8.07 Å². The second-order valence-electron chi connectivity index (χ2n) is 6.78. The van der Waals surface area contributed by atoms with Crippen LogP contribution in [0.5, 0.6) is 0 Å². The Labute approximate surface area is 202 Å². The zero-order chi connectivity index (χ0) is 20.4. The van der Waals surface area contributed by atoms with Crippen molar-refractivity contribution < 1.29 is 0 Å². The number of benzene rings is 4. The van der Waals surface area contributed by atoms with Crippen molar-refractivity contribution in [2.45, 2.75) is 0 Å². The third-order valence-electron chi connectivity index (χ3n) is 5.11. The molecule has 5 heteroatoms. The Balaban J connectivity index is 2.11. The highest BCUT2D eigenvalue weighted by molar-refractivity contribution is 9.11. The Morgan fingerprint density at radius 1 is 0.414 bits per heavy atom. The fourth-order valence-corrected chi connectivity index (χ4v) is 9.39. The first-order valence-corrected chi connectivity index (χ1v) is 13.8. The minimum Gasteiger partial charge on any atom is -0.0843 e. The van der Waals surface area contributed by atoms with Gasteiger partial charge >= 0.3 is 0 Å². The topological polar surface area (TPSA) is 0 Å². The summed E-state index contributed by atoms with van der Waals surface area (Å²) in [6.45, 7) is 0. The lowest BCUT2D eigenvalue weighted by molar-refractivity contribution is 1.62. The van der Waals surface area contributed by atoms with E-state index in [0.29, 0.717) is 0 Å². The molecule has 0 aromatic heterocycles. The second-order valence-corrected chi connectivity index (χ2v) is 13.8. The summed E-state index contributed by atoms with van der Waals surface area (Å²) in [5.74, 6) is 0. The van der Waals surface area contributed by atoms with E-state index in [1.807, 2.05) is 12.1 Å². The molecule has 0 N–H and O–H groups in total. The van der Waals surface area contributed by atoms with Gasteiger partial charge in [-0.3, -0.25) is 0 Å². The monoisotopic (exact) mass is 604 g/mol. The van der Waals surface area contributed by atoms with Gasteiger partial charge in [-0.05, 0) is 69.3 Å². The molecule has 0 amide bonds. The highest BCUT2D eigenvalue weighted by Crippen LogP contribution is 2.17. The van der Waals surface area contributed by atoms with Crippen molar-refractivity contribution in [2.75, 3.05) is 0 Å². The van der Waals surface area contributed by atoms with Crippen molar-refractivity contribution in [3.05, 3.63) is 116 Å². The van der Waals surface area contributed by atoms with E-state index in [4.69, 9.17) is 11.6 Å².